The van der Waals surface area contributed by atoms with E-state index < -0.39 is 5.12 Å². The first-order valence-electron chi connectivity index (χ1n) is 6.67. The van der Waals surface area contributed by atoms with E-state index in [9.17, 15) is 0 Å². The Hall–Kier alpha value is -1.75. The Balaban J connectivity index is 1.97. The summed E-state index contributed by atoms with van der Waals surface area (Å²) < 4.78 is 0. The SMILES string of the molecule is CCC1(Cl)NN(c2ccccc2)N(c2ccccc2)N1. The summed E-state index contributed by atoms with van der Waals surface area (Å²) in [5.74, 6) is 0. The van der Waals surface area contributed by atoms with E-state index in [4.69, 9.17) is 11.6 Å². The molecule has 2 aromatic carbocycles. The summed E-state index contributed by atoms with van der Waals surface area (Å²) in [5, 5.41) is 3.16. The van der Waals surface area contributed by atoms with Gasteiger partial charge in [0, 0.05) is 0 Å². The molecule has 3 rings (SSSR count). The van der Waals surface area contributed by atoms with Crippen molar-refractivity contribution < 1.29 is 0 Å². The second-order valence-corrected chi connectivity index (χ2v) is 5.32. The van der Waals surface area contributed by atoms with Crippen LogP contribution < -0.4 is 21.1 Å². The maximum Gasteiger partial charge on any atom is 0.182 e. The second-order valence-electron chi connectivity index (χ2n) is 4.67. The van der Waals surface area contributed by atoms with E-state index in [1.807, 2.05) is 77.8 Å². The van der Waals surface area contributed by atoms with Crippen LogP contribution in [-0.2, 0) is 0 Å². The predicted octanol–water partition coefficient (Wildman–Crippen LogP) is 3.24. The summed E-state index contributed by atoms with van der Waals surface area (Å²) in [6, 6.07) is 20.1. The first-order chi connectivity index (χ1) is 9.72. The molecule has 0 amide bonds. The molecule has 0 aromatic heterocycles. The van der Waals surface area contributed by atoms with Gasteiger partial charge < -0.3 is 0 Å². The summed E-state index contributed by atoms with van der Waals surface area (Å²) in [5.41, 5.74) is 8.62. The minimum atomic E-state index is -0.689. The molecule has 0 aliphatic carbocycles. The molecule has 1 aliphatic heterocycles. The number of nitrogens with zero attached hydrogens (tertiary/aromatic N) is 2. The van der Waals surface area contributed by atoms with Gasteiger partial charge in [0.15, 0.2) is 5.12 Å². The maximum absolute atomic E-state index is 6.54. The van der Waals surface area contributed by atoms with E-state index in [0.29, 0.717) is 0 Å². The fourth-order valence-corrected chi connectivity index (χ4v) is 2.28. The van der Waals surface area contributed by atoms with Crippen LogP contribution in [0, 0.1) is 0 Å². The van der Waals surface area contributed by atoms with Crippen LogP contribution in [0.3, 0.4) is 0 Å². The van der Waals surface area contributed by atoms with Gasteiger partial charge in [-0.3, -0.25) is 0 Å². The summed E-state index contributed by atoms with van der Waals surface area (Å²) in [6.45, 7) is 2.03. The van der Waals surface area contributed by atoms with Crippen LogP contribution in [-0.4, -0.2) is 5.12 Å². The highest BCUT2D eigenvalue weighted by Gasteiger charge is 2.39. The Bertz CT molecular complexity index is 513. The topological polar surface area (TPSA) is 30.5 Å². The van der Waals surface area contributed by atoms with Gasteiger partial charge >= 0.3 is 0 Å². The fraction of sp³-hybridized carbons (Fsp3) is 0.200. The first kappa shape index (κ1) is 13.2. The standard InChI is InChI=1S/C15H17ClN4/c1-2-15(16)17-19(13-9-5-3-6-10-13)20(18-15)14-11-7-4-8-12-14/h3-12,17-18H,2H2,1H3. The van der Waals surface area contributed by atoms with Crippen LogP contribution >= 0.6 is 11.6 Å². The lowest BCUT2D eigenvalue weighted by Gasteiger charge is -2.28. The molecular formula is C15H17ClN4. The van der Waals surface area contributed by atoms with E-state index in [0.717, 1.165) is 17.8 Å². The van der Waals surface area contributed by atoms with Crippen molar-refractivity contribution in [3.05, 3.63) is 60.7 Å². The lowest BCUT2D eigenvalue weighted by molar-refractivity contribution is 0.460. The monoisotopic (exact) mass is 288 g/mol. The Kier molecular flexibility index (Phi) is 3.53. The van der Waals surface area contributed by atoms with Crippen LogP contribution in [0.1, 0.15) is 13.3 Å². The quantitative estimate of drug-likeness (QED) is 0.670. The number of anilines is 2. The van der Waals surface area contributed by atoms with Crippen LogP contribution in [0.4, 0.5) is 11.4 Å². The van der Waals surface area contributed by atoms with E-state index in [2.05, 4.69) is 10.9 Å². The number of halogens is 1. The minimum Gasteiger partial charge on any atom is -0.200 e. The van der Waals surface area contributed by atoms with Gasteiger partial charge in [-0.05, 0) is 30.7 Å². The highest BCUT2D eigenvalue weighted by atomic mass is 35.5. The van der Waals surface area contributed by atoms with Gasteiger partial charge in [-0.2, -0.15) is 21.1 Å². The summed E-state index contributed by atoms with van der Waals surface area (Å²) >= 11 is 6.54. The van der Waals surface area contributed by atoms with Crippen molar-refractivity contribution in [2.75, 3.05) is 10.2 Å². The Labute approximate surface area is 123 Å². The average Bonchev–Trinajstić information content (AvgIpc) is 2.88. The number of nitrogens with one attached hydrogen (secondary N) is 2. The van der Waals surface area contributed by atoms with E-state index in [1.165, 1.54) is 0 Å². The molecule has 2 aromatic rings. The zero-order valence-electron chi connectivity index (χ0n) is 11.3. The number of alkyl halides is 1. The third kappa shape index (κ3) is 2.45. The van der Waals surface area contributed by atoms with E-state index >= 15 is 0 Å². The van der Waals surface area contributed by atoms with Gasteiger partial charge in [0.2, 0.25) is 0 Å². The van der Waals surface area contributed by atoms with Gasteiger partial charge in [-0.1, -0.05) is 54.9 Å². The lowest BCUT2D eigenvalue weighted by Crippen LogP contribution is -2.45. The number of para-hydroxylation sites is 2. The van der Waals surface area contributed by atoms with Crippen molar-refractivity contribution in [2.45, 2.75) is 18.5 Å². The number of hydrogen-bond donors (Lipinski definition) is 2. The molecule has 1 saturated heterocycles. The molecule has 0 spiro atoms. The van der Waals surface area contributed by atoms with Gasteiger partial charge in [0.05, 0.1) is 11.4 Å². The third-order valence-electron chi connectivity index (χ3n) is 3.25. The first-order valence-corrected chi connectivity index (χ1v) is 7.04. The number of rotatable bonds is 3. The molecule has 0 unspecified atom stereocenters. The normalized spacial score (nSPS) is 17.5. The van der Waals surface area contributed by atoms with Crippen molar-refractivity contribution in [2.24, 2.45) is 0 Å². The zero-order valence-corrected chi connectivity index (χ0v) is 12.0. The molecule has 0 atom stereocenters. The number of benzene rings is 2. The van der Waals surface area contributed by atoms with Crippen LogP contribution in [0.25, 0.3) is 0 Å². The Morgan fingerprint density at radius 3 is 1.60 bits per heavy atom. The molecule has 0 saturated carbocycles. The van der Waals surface area contributed by atoms with Crippen molar-refractivity contribution in [1.29, 1.82) is 0 Å². The van der Waals surface area contributed by atoms with E-state index in [-0.39, 0.29) is 0 Å². The lowest BCUT2D eigenvalue weighted by atomic mass is 10.3. The highest BCUT2D eigenvalue weighted by Crippen LogP contribution is 2.28. The minimum absolute atomic E-state index is 0.689. The largest absolute Gasteiger partial charge is 0.200 e. The van der Waals surface area contributed by atoms with Crippen LogP contribution in [0.15, 0.2) is 60.7 Å². The molecule has 0 bridgehead atoms. The summed E-state index contributed by atoms with van der Waals surface area (Å²) in [6.07, 6.45) is 0.737. The van der Waals surface area contributed by atoms with Crippen LogP contribution in [0.5, 0.6) is 0 Å². The third-order valence-corrected chi connectivity index (χ3v) is 3.69. The molecule has 1 fully saturated rings. The van der Waals surface area contributed by atoms with Crippen molar-refractivity contribution in [1.82, 2.24) is 10.9 Å². The van der Waals surface area contributed by atoms with Gasteiger partial charge in [0.25, 0.3) is 0 Å². The summed E-state index contributed by atoms with van der Waals surface area (Å²) in [7, 11) is 0. The van der Waals surface area contributed by atoms with E-state index in [1.54, 1.807) is 0 Å². The predicted molar refractivity (Wildman–Crippen MR) is 83.0 cm³/mol. The Morgan fingerprint density at radius 2 is 1.25 bits per heavy atom. The molecule has 0 radical (unpaired) electrons. The molecule has 2 N–H and O–H groups in total. The van der Waals surface area contributed by atoms with Crippen molar-refractivity contribution in [3.63, 3.8) is 0 Å². The molecular weight excluding hydrogens is 272 g/mol. The zero-order chi connectivity index (χ0) is 14.0. The second kappa shape index (κ2) is 5.32. The maximum atomic E-state index is 6.54. The number of hydrazine groups is 3. The molecule has 1 heterocycles. The molecule has 104 valence electrons. The highest BCUT2D eigenvalue weighted by molar-refractivity contribution is 6.23. The Morgan fingerprint density at radius 1 is 0.850 bits per heavy atom. The van der Waals surface area contributed by atoms with Gasteiger partial charge in [-0.25, -0.2) is 0 Å². The van der Waals surface area contributed by atoms with Crippen molar-refractivity contribution in [3.8, 4) is 0 Å². The van der Waals surface area contributed by atoms with Gasteiger partial charge in [-0.15, -0.1) is 0 Å². The smallest absolute Gasteiger partial charge is 0.182 e. The fourth-order valence-electron chi connectivity index (χ4n) is 2.12. The molecule has 1 aliphatic rings. The van der Waals surface area contributed by atoms with Gasteiger partial charge in [0.1, 0.15) is 0 Å². The molecule has 4 nitrogen and oxygen atoms in total. The van der Waals surface area contributed by atoms with Crippen molar-refractivity contribution >= 4 is 23.0 Å². The average molecular weight is 289 g/mol. The molecule has 5 heteroatoms. The number of hydrogen-bond acceptors (Lipinski definition) is 4. The molecule has 20 heavy (non-hydrogen) atoms. The van der Waals surface area contributed by atoms with Crippen LogP contribution in [0.2, 0.25) is 0 Å². The summed E-state index contributed by atoms with van der Waals surface area (Å²) in [4.78, 5) is 0.